The fourth-order valence-corrected chi connectivity index (χ4v) is 1.80. The van der Waals surface area contributed by atoms with Crippen LogP contribution in [0.5, 0.6) is 0 Å². The average Bonchev–Trinajstić information content (AvgIpc) is 2.64. The molecule has 1 unspecified atom stereocenters. The molecule has 1 atom stereocenters. The first-order valence-electron chi connectivity index (χ1n) is 4.50. The van der Waals surface area contributed by atoms with Gasteiger partial charge in [0, 0.05) is 15.6 Å². The van der Waals surface area contributed by atoms with Crippen LogP contribution in [-0.2, 0) is 0 Å². The Bertz CT molecular complexity index is 490. The van der Waals surface area contributed by atoms with E-state index in [4.69, 9.17) is 39.2 Å². The van der Waals surface area contributed by atoms with Crippen LogP contribution in [0.2, 0.25) is 10.0 Å². The third-order valence-electron chi connectivity index (χ3n) is 1.89. The maximum Gasteiger partial charge on any atom is 0.247 e. The standard InChI is InChI=1S/C10H7Cl3N2O/c1-5(11)9-14-15-10(16-9)6-2-7(12)4-8(13)3-6/h2-5H,1H3. The van der Waals surface area contributed by atoms with Crippen LogP contribution in [-0.4, -0.2) is 10.2 Å². The zero-order chi connectivity index (χ0) is 11.7. The zero-order valence-corrected chi connectivity index (χ0v) is 10.5. The van der Waals surface area contributed by atoms with Crippen LogP contribution in [0.1, 0.15) is 18.2 Å². The molecule has 1 aromatic heterocycles. The van der Waals surface area contributed by atoms with Gasteiger partial charge in [0.2, 0.25) is 11.8 Å². The lowest BCUT2D eigenvalue weighted by atomic mass is 10.2. The van der Waals surface area contributed by atoms with Crippen LogP contribution in [0.3, 0.4) is 0 Å². The summed E-state index contributed by atoms with van der Waals surface area (Å²) >= 11 is 17.6. The molecule has 0 saturated carbocycles. The fraction of sp³-hybridized carbons (Fsp3) is 0.200. The summed E-state index contributed by atoms with van der Waals surface area (Å²) in [5.41, 5.74) is 0.675. The van der Waals surface area contributed by atoms with Gasteiger partial charge in [0.1, 0.15) is 5.38 Å². The van der Waals surface area contributed by atoms with Crippen molar-refractivity contribution >= 4 is 34.8 Å². The molecule has 0 spiro atoms. The van der Waals surface area contributed by atoms with Crippen molar-refractivity contribution in [2.24, 2.45) is 0 Å². The summed E-state index contributed by atoms with van der Waals surface area (Å²) < 4.78 is 5.37. The highest BCUT2D eigenvalue weighted by molar-refractivity contribution is 6.35. The van der Waals surface area contributed by atoms with Gasteiger partial charge in [-0.15, -0.1) is 21.8 Å². The SMILES string of the molecule is CC(Cl)c1nnc(-c2cc(Cl)cc(Cl)c2)o1. The van der Waals surface area contributed by atoms with Gasteiger partial charge < -0.3 is 4.42 Å². The molecule has 0 aliphatic heterocycles. The lowest BCUT2D eigenvalue weighted by Crippen LogP contribution is -1.81. The van der Waals surface area contributed by atoms with Gasteiger partial charge >= 0.3 is 0 Å². The van der Waals surface area contributed by atoms with E-state index in [-0.39, 0.29) is 5.38 Å². The maximum absolute atomic E-state index is 5.87. The molecule has 84 valence electrons. The van der Waals surface area contributed by atoms with E-state index in [2.05, 4.69) is 10.2 Å². The Morgan fingerprint density at radius 3 is 2.25 bits per heavy atom. The summed E-state index contributed by atoms with van der Waals surface area (Å²) in [6.45, 7) is 1.75. The van der Waals surface area contributed by atoms with E-state index in [0.717, 1.165) is 0 Å². The molecular formula is C10H7Cl3N2O. The molecule has 2 rings (SSSR count). The second kappa shape index (κ2) is 4.62. The van der Waals surface area contributed by atoms with E-state index in [9.17, 15) is 0 Å². The summed E-state index contributed by atoms with van der Waals surface area (Å²) in [6.07, 6.45) is 0. The highest BCUT2D eigenvalue weighted by Gasteiger charge is 2.13. The van der Waals surface area contributed by atoms with Gasteiger partial charge in [-0.1, -0.05) is 23.2 Å². The Labute approximate surface area is 107 Å². The molecule has 6 heteroatoms. The van der Waals surface area contributed by atoms with E-state index >= 15 is 0 Å². The summed E-state index contributed by atoms with van der Waals surface area (Å²) in [6, 6.07) is 5.03. The van der Waals surface area contributed by atoms with E-state index in [0.29, 0.717) is 27.4 Å². The molecule has 0 saturated heterocycles. The van der Waals surface area contributed by atoms with Crippen molar-refractivity contribution in [2.75, 3.05) is 0 Å². The lowest BCUT2D eigenvalue weighted by molar-refractivity contribution is 0.507. The molecule has 0 aliphatic carbocycles. The van der Waals surface area contributed by atoms with Crippen molar-refractivity contribution in [3.05, 3.63) is 34.1 Å². The lowest BCUT2D eigenvalue weighted by Gasteiger charge is -1.98. The maximum atomic E-state index is 5.87. The molecule has 2 aromatic rings. The second-order valence-corrected chi connectivity index (χ2v) is 4.75. The minimum absolute atomic E-state index is 0.323. The summed E-state index contributed by atoms with van der Waals surface area (Å²) in [7, 11) is 0. The molecule has 3 nitrogen and oxygen atoms in total. The van der Waals surface area contributed by atoms with Gasteiger partial charge in [-0.05, 0) is 25.1 Å². The molecule has 1 heterocycles. The van der Waals surface area contributed by atoms with Crippen molar-refractivity contribution in [3.8, 4) is 11.5 Å². The topological polar surface area (TPSA) is 38.9 Å². The highest BCUT2D eigenvalue weighted by atomic mass is 35.5. The number of halogens is 3. The monoisotopic (exact) mass is 276 g/mol. The normalized spacial score (nSPS) is 12.8. The van der Waals surface area contributed by atoms with E-state index in [1.165, 1.54) is 0 Å². The minimum atomic E-state index is -0.323. The van der Waals surface area contributed by atoms with Crippen LogP contribution in [0.25, 0.3) is 11.5 Å². The third kappa shape index (κ3) is 2.48. The average molecular weight is 278 g/mol. The van der Waals surface area contributed by atoms with Crippen molar-refractivity contribution in [3.63, 3.8) is 0 Å². The molecule has 0 bridgehead atoms. The first-order valence-corrected chi connectivity index (χ1v) is 5.69. The molecule has 0 aliphatic rings. The van der Waals surface area contributed by atoms with Gasteiger partial charge in [-0.25, -0.2) is 0 Å². The first kappa shape index (κ1) is 11.7. The number of rotatable bonds is 2. The molecule has 0 amide bonds. The molecular weight excluding hydrogens is 270 g/mol. The summed E-state index contributed by atoms with van der Waals surface area (Å²) in [5, 5.41) is 8.39. The number of aromatic nitrogens is 2. The van der Waals surface area contributed by atoms with Gasteiger partial charge in [0.05, 0.1) is 0 Å². The van der Waals surface area contributed by atoms with E-state index in [1.807, 2.05) is 0 Å². The van der Waals surface area contributed by atoms with Crippen molar-refractivity contribution in [1.29, 1.82) is 0 Å². The van der Waals surface area contributed by atoms with E-state index in [1.54, 1.807) is 25.1 Å². The highest BCUT2D eigenvalue weighted by Crippen LogP contribution is 2.28. The van der Waals surface area contributed by atoms with Gasteiger partial charge in [0.25, 0.3) is 0 Å². The van der Waals surface area contributed by atoms with Crippen LogP contribution >= 0.6 is 34.8 Å². The number of hydrogen-bond donors (Lipinski definition) is 0. The van der Waals surface area contributed by atoms with Crippen LogP contribution in [0, 0.1) is 0 Å². The number of nitrogens with zero attached hydrogens (tertiary/aromatic N) is 2. The Morgan fingerprint density at radius 1 is 1.12 bits per heavy atom. The predicted octanol–water partition coefficient (Wildman–Crippen LogP) is 4.34. The zero-order valence-electron chi connectivity index (χ0n) is 8.25. The fourth-order valence-electron chi connectivity index (χ4n) is 1.19. The van der Waals surface area contributed by atoms with E-state index < -0.39 is 0 Å². The van der Waals surface area contributed by atoms with Crippen molar-refractivity contribution < 1.29 is 4.42 Å². The molecule has 0 fully saturated rings. The first-order chi connectivity index (χ1) is 7.56. The van der Waals surface area contributed by atoms with Crippen LogP contribution in [0.15, 0.2) is 22.6 Å². The van der Waals surface area contributed by atoms with Crippen LogP contribution in [0.4, 0.5) is 0 Å². The summed E-state index contributed by atoms with van der Waals surface area (Å²) in [5.74, 6) is 0.722. The minimum Gasteiger partial charge on any atom is -0.419 e. The Balaban J connectivity index is 2.42. The number of benzene rings is 1. The van der Waals surface area contributed by atoms with Crippen LogP contribution < -0.4 is 0 Å². The largest absolute Gasteiger partial charge is 0.419 e. The number of hydrogen-bond acceptors (Lipinski definition) is 3. The molecule has 16 heavy (non-hydrogen) atoms. The third-order valence-corrected chi connectivity index (χ3v) is 2.51. The summed E-state index contributed by atoms with van der Waals surface area (Å²) in [4.78, 5) is 0. The van der Waals surface area contributed by atoms with Crippen molar-refractivity contribution in [1.82, 2.24) is 10.2 Å². The Morgan fingerprint density at radius 2 is 1.75 bits per heavy atom. The second-order valence-electron chi connectivity index (χ2n) is 3.22. The molecule has 0 radical (unpaired) electrons. The predicted molar refractivity (Wildman–Crippen MR) is 64.0 cm³/mol. The van der Waals surface area contributed by atoms with Crippen molar-refractivity contribution in [2.45, 2.75) is 12.3 Å². The van der Waals surface area contributed by atoms with Gasteiger partial charge in [-0.3, -0.25) is 0 Å². The smallest absolute Gasteiger partial charge is 0.247 e. The quantitative estimate of drug-likeness (QED) is 0.766. The van der Waals surface area contributed by atoms with Gasteiger partial charge in [-0.2, -0.15) is 0 Å². The Hall–Kier alpha value is -0.770. The van der Waals surface area contributed by atoms with Gasteiger partial charge in [0.15, 0.2) is 0 Å². The molecule has 1 aromatic carbocycles. The number of alkyl halides is 1. The Kier molecular flexibility index (Phi) is 3.38. The molecule has 0 N–H and O–H groups in total.